The van der Waals surface area contributed by atoms with Gasteiger partial charge in [0.15, 0.2) is 28.8 Å². The number of aromatic nitrogens is 4. The molecule has 2 unspecified atom stereocenters. The van der Waals surface area contributed by atoms with Gasteiger partial charge < -0.3 is 9.47 Å². The van der Waals surface area contributed by atoms with E-state index in [1.54, 1.807) is 18.3 Å². The van der Waals surface area contributed by atoms with Crippen molar-refractivity contribution in [3.8, 4) is 22.8 Å². The van der Waals surface area contributed by atoms with Crippen LogP contribution in [0.2, 0.25) is 0 Å². The third kappa shape index (κ3) is 3.86. The van der Waals surface area contributed by atoms with E-state index in [1.807, 2.05) is 22.9 Å². The number of nitrogens with zero attached hydrogens (tertiary/aromatic N) is 5. The van der Waals surface area contributed by atoms with Gasteiger partial charge in [-0.15, -0.1) is 0 Å². The highest BCUT2D eigenvalue weighted by Gasteiger charge is 2.49. The van der Waals surface area contributed by atoms with Crippen LogP contribution in [-0.4, -0.2) is 50.1 Å². The molecule has 4 heterocycles. The average Bonchev–Trinajstić information content (AvgIpc) is 3.61. The summed E-state index contributed by atoms with van der Waals surface area (Å²) in [7, 11) is 0. The molecular formula is C26H23F2N5O2. The summed E-state index contributed by atoms with van der Waals surface area (Å²) in [5.74, 6) is -1.62. The molecule has 2 fully saturated rings. The Kier molecular flexibility index (Phi) is 5.31. The fourth-order valence-electron chi connectivity index (χ4n) is 4.73. The van der Waals surface area contributed by atoms with Gasteiger partial charge in [0.25, 0.3) is 0 Å². The van der Waals surface area contributed by atoms with Crippen molar-refractivity contribution in [2.45, 2.75) is 24.6 Å². The third-order valence-corrected chi connectivity index (χ3v) is 6.67. The monoisotopic (exact) mass is 475 g/mol. The highest BCUT2D eigenvalue weighted by molar-refractivity contribution is 5.90. The summed E-state index contributed by atoms with van der Waals surface area (Å²) in [6.07, 6.45) is 7.16. The van der Waals surface area contributed by atoms with Gasteiger partial charge in [-0.3, -0.25) is 4.90 Å². The van der Waals surface area contributed by atoms with E-state index < -0.39 is 17.4 Å². The lowest BCUT2D eigenvalue weighted by Crippen LogP contribution is -2.45. The molecule has 35 heavy (non-hydrogen) atoms. The van der Waals surface area contributed by atoms with Gasteiger partial charge in [-0.1, -0.05) is 12.6 Å². The van der Waals surface area contributed by atoms with Crippen LogP contribution in [0.15, 0.2) is 67.6 Å². The zero-order valence-corrected chi connectivity index (χ0v) is 18.9. The molecule has 6 rings (SSSR count). The lowest BCUT2D eigenvalue weighted by Gasteiger charge is -2.35. The van der Waals surface area contributed by atoms with E-state index >= 15 is 0 Å². The van der Waals surface area contributed by atoms with E-state index in [1.165, 1.54) is 12.4 Å². The summed E-state index contributed by atoms with van der Waals surface area (Å²) in [5.41, 5.74) is 1.97. The fraction of sp³-hybridized carbons (Fsp3) is 0.269. The van der Waals surface area contributed by atoms with Crippen molar-refractivity contribution in [2.75, 3.05) is 19.7 Å². The summed E-state index contributed by atoms with van der Waals surface area (Å²) in [5, 5.41) is 5.78. The van der Waals surface area contributed by atoms with Gasteiger partial charge in [0.2, 0.25) is 0 Å². The Balaban J connectivity index is 1.31. The number of para-hydroxylation sites is 1. The smallest absolute Gasteiger partial charge is 0.198 e. The van der Waals surface area contributed by atoms with Crippen LogP contribution in [-0.2, 0) is 4.74 Å². The molecule has 2 aromatic heterocycles. The largest absolute Gasteiger partial charge is 0.451 e. The van der Waals surface area contributed by atoms with Crippen molar-refractivity contribution < 1.29 is 18.3 Å². The first-order valence-electron chi connectivity index (χ1n) is 11.5. The number of benzene rings is 2. The number of piperidine rings is 1. The van der Waals surface area contributed by atoms with Gasteiger partial charge in [0, 0.05) is 24.8 Å². The van der Waals surface area contributed by atoms with E-state index in [0.29, 0.717) is 12.4 Å². The van der Waals surface area contributed by atoms with E-state index in [4.69, 9.17) is 14.6 Å². The Morgan fingerprint density at radius 1 is 1.14 bits per heavy atom. The number of fused-ring (bicyclic) bond motifs is 1. The number of ether oxygens (including phenoxy) is 2. The molecule has 0 spiro atoms. The quantitative estimate of drug-likeness (QED) is 0.285. The second kappa shape index (κ2) is 8.51. The fourth-order valence-corrected chi connectivity index (χ4v) is 4.73. The molecule has 178 valence electrons. The molecule has 2 aromatic carbocycles. The van der Waals surface area contributed by atoms with Gasteiger partial charge in [-0.25, -0.2) is 23.4 Å². The van der Waals surface area contributed by atoms with E-state index in [-0.39, 0.29) is 11.8 Å². The number of halogens is 2. The summed E-state index contributed by atoms with van der Waals surface area (Å²) in [6.45, 7) is 6.35. The van der Waals surface area contributed by atoms with Crippen molar-refractivity contribution in [1.29, 1.82) is 0 Å². The molecule has 2 aliphatic rings. The minimum atomic E-state index is -0.757. The minimum Gasteiger partial charge on any atom is -0.451 e. The normalized spacial score (nSPS) is 22.3. The van der Waals surface area contributed by atoms with Crippen LogP contribution >= 0.6 is 0 Å². The van der Waals surface area contributed by atoms with Crippen LogP contribution in [0.1, 0.15) is 18.9 Å². The van der Waals surface area contributed by atoms with Crippen molar-refractivity contribution in [1.82, 2.24) is 24.6 Å². The molecule has 0 saturated carbocycles. The van der Waals surface area contributed by atoms with Crippen LogP contribution in [0.25, 0.3) is 22.3 Å². The second-order valence-electron chi connectivity index (χ2n) is 8.81. The molecular weight excluding hydrogens is 452 g/mol. The Morgan fingerprint density at radius 2 is 1.91 bits per heavy atom. The number of epoxide rings is 1. The van der Waals surface area contributed by atoms with Crippen molar-refractivity contribution in [3.05, 3.63) is 79.3 Å². The summed E-state index contributed by atoms with van der Waals surface area (Å²) < 4.78 is 41.0. The number of hydrogen-bond donors (Lipinski definition) is 0. The first kappa shape index (κ1) is 21.8. The van der Waals surface area contributed by atoms with E-state index in [2.05, 4.69) is 21.4 Å². The van der Waals surface area contributed by atoms with Gasteiger partial charge in [0.05, 0.1) is 18.0 Å². The molecule has 2 atom stereocenters. The number of hydrogen-bond acceptors (Lipinski definition) is 6. The predicted molar refractivity (Wildman–Crippen MR) is 126 cm³/mol. The zero-order chi connectivity index (χ0) is 24.0. The molecule has 0 N–H and O–H groups in total. The Hall–Kier alpha value is -3.69. The van der Waals surface area contributed by atoms with Crippen molar-refractivity contribution in [2.24, 2.45) is 0 Å². The third-order valence-electron chi connectivity index (χ3n) is 6.67. The Morgan fingerprint density at radius 3 is 2.63 bits per heavy atom. The zero-order valence-electron chi connectivity index (χ0n) is 18.9. The van der Waals surface area contributed by atoms with Crippen LogP contribution in [0, 0.1) is 11.6 Å². The first-order chi connectivity index (χ1) is 17.1. The molecule has 2 aliphatic heterocycles. The number of rotatable bonds is 6. The van der Waals surface area contributed by atoms with Gasteiger partial charge in [-0.05, 0) is 55.3 Å². The second-order valence-corrected chi connectivity index (χ2v) is 8.81. The summed E-state index contributed by atoms with van der Waals surface area (Å²) in [4.78, 5) is 11.1. The molecule has 0 aliphatic carbocycles. The molecule has 2 saturated heterocycles. The minimum absolute atomic E-state index is 0.127. The maximum atomic E-state index is 14.0. The van der Waals surface area contributed by atoms with Crippen molar-refractivity contribution in [3.63, 3.8) is 0 Å². The molecule has 0 bridgehead atoms. The summed E-state index contributed by atoms with van der Waals surface area (Å²) in [6, 6.07) is 10.7. The SMILES string of the molecule is C=CC1(N2CCCC(n3nc(-c4ccc(Oc5c(F)cccc5F)cc4)c4cncnc43)C2)CO1. The highest BCUT2D eigenvalue weighted by atomic mass is 19.1. The predicted octanol–water partition coefficient (Wildman–Crippen LogP) is 5.11. The van der Waals surface area contributed by atoms with Crippen molar-refractivity contribution >= 4 is 11.0 Å². The molecule has 7 nitrogen and oxygen atoms in total. The lowest BCUT2D eigenvalue weighted by molar-refractivity contribution is 0.0697. The maximum absolute atomic E-state index is 14.0. The number of likely N-dealkylation sites (tertiary alicyclic amines) is 1. The first-order valence-corrected chi connectivity index (χ1v) is 11.5. The van der Waals surface area contributed by atoms with Crippen LogP contribution < -0.4 is 4.74 Å². The van der Waals surface area contributed by atoms with E-state index in [0.717, 1.165) is 60.4 Å². The Bertz CT molecular complexity index is 1380. The topological polar surface area (TPSA) is 68.6 Å². The van der Waals surface area contributed by atoms with Crippen LogP contribution in [0.4, 0.5) is 8.78 Å². The van der Waals surface area contributed by atoms with Gasteiger partial charge >= 0.3 is 0 Å². The molecule has 9 heteroatoms. The van der Waals surface area contributed by atoms with E-state index in [9.17, 15) is 8.78 Å². The van der Waals surface area contributed by atoms with Gasteiger partial charge in [0.1, 0.15) is 17.8 Å². The molecule has 0 radical (unpaired) electrons. The standard InChI is InChI=1S/C26H23F2N5O2/c1-2-26(15-34-26)32-12-4-5-18(14-32)33-25-20(13-29-16-30-25)23(31-33)17-8-10-19(11-9-17)35-24-21(27)6-3-7-22(24)28/h2-3,6-11,13,16,18H,1,4-5,12,14-15H2. The maximum Gasteiger partial charge on any atom is 0.198 e. The molecule has 4 aromatic rings. The molecule has 0 amide bonds. The summed E-state index contributed by atoms with van der Waals surface area (Å²) >= 11 is 0. The van der Waals surface area contributed by atoms with Gasteiger partial charge in [-0.2, -0.15) is 5.10 Å². The highest BCUT2D eigenvalue weighted by Crippen LogP contribution is 2.38. The lowest BCUT2D eigenvalue weighted by atomic mass is 10.0. The van der Waals surface area contributed by atoms with Crippen LogP contribution in [0.3, 0.4) is 0 Å². The van der Waals surface area contributed by atoms with Crippen LogP contribution in [0.5, 0.6) is 11.5 Å². The average molecular weight is 475 g/mol. The Labute approximate surface area is 200 Å².